The van der Waals surface area contributed by atoms with E-state index in [1.54, 1.807) is 0 Å². The Bertz CT molecular complexity index is 1000. The van der Waals surface area contributed by atoms with E-state index in [-0.39, 0.29) is 18.6 Å². The van der Waals surface area contributed by atoms with Crippen molar-refractivity contribution in [3.05, 3.63) is 63.7 Å². The largest absolute Gasteiger partial charge is 0.501 e. The second kappa shape index (κ2) is 7.84. The van der Waals surface area contributed by atoms with Crippen LogP contribution in [-0.2, 0) is 16.3 Å². The maximum Gasteiger partial charge on any atom is 0.501 e. The van der Waals surface area contributed by atoms with E-state index in [1.165, 1.54) is 24.3 Å². The van der Waals surface area contributed by atoms with E-state index >= 15 is 0 Å². The number of carboxylic acid groups (broad SMARTS) is 1. The van der Waals surface area contributed by atoms with Crippen molar-refractivity contribution in [3.8, 4) is 5.75 Å². The zero-order valence-electron chi connectivity index (χ0n) is 13.8. The summed E-state index contributed by atoms with van der Waals surface area (Å²) in [6.45, 7) is -0.112. The molecule has 12 heteroatoms. The normalized spacial score (nSPS) is 11.8. The number of rotatable bonds is 7. The molecule has 0 aliphatic rings. The molecule has 0 saturated heterocycles. The van der Waals surface area contributed by atoms with Crippen LogP contribution in [0, 0.1) is 10.1 Å². The van der Waals surface area contributed by atoms with Gasteiger partial charge in [0.15, 0.2) is 5.75 Å². The minimum atomic E-state index is -5.73. The van der Waals surface area contributed by atoms with E-state index in [1.807, 2.05) is 0 Å². The molecule has 0 amide bonds. The predicted molar refractivity (Wildman–Crippen MR) is 88.9 cm³/mol. The molecule has 2 aromatic carbocycles. The highest BCUT2D eigenvalue weighted by molar-refractivity contribution is 7.92. The monoisotopic (exact) mass is 419 g/mol. The summed E-state index contributed by atoms with van der Waals surface area (Å²) in [5.74, 6) is -1.50. The molecule has 0 heterocycles. The molecule has 28 heavy (non-hydrogen) atoms. The molecule has 0 radical (unpaired) electrons. The van der Waals surface area contributed by atoms with Crippen molar-refractivity contribution in [3.63, 3.8) is 0 Å². The van der Waals surface area contributed by atoms with Gasteiger partial charge in [-0.1, -0.05) is 12.1 Å². The van der Waals surface area contributed by atoms with Crippen molar-refractivity contribution in [2.45, 2.75) is 16.8 Å². The zero-order chi connectivity index (χ0) is 21.1. The van der Waals surface area contributed by atoms with Gasteiger partial charge in [-0.3, -0.25) is 10.1 Å². The Kier molecular flexibility index (Phi) is 5.92. The number of alkyl halides is 3. The lowest BCUT2D eigenvalue weighted by Crippen LogP contribution is -2.23. The summed E-state index contributed by atoms with van der Waals surface area (Å²) in [5.41, 5.74) is -5.79. The smallest absolute Gasteiger partial charge is 0.486 e. The summed E-state index contributed by atoms with van der Waals surface area (Å²) in [5, 5.41) is 19.9. The number of nitrogens with zero attached hydrogens (tertiary/aromatic N) is 1. The number of carboxylic acids is 1. The van der Waals surface area contributed by atoms with Crippen molar-refractivity contribution in [1.82, 2.24) is 0 Å². The second-order valence-electron chi connectivity index (χ2n) is 5.44. The third kappa shape index (κ3) is 4.57. The molecular formula is C16H12F3NO7S. The van der Waals surface area contributed by atoms with Gasteiger partial charge < -0.3 is 9.84 Å². The Morgan fingerprint density at radius 3 is 2.25 bits per heavy atom. The molecule has 2 rings (SSSR count). The van der Waals surface area contributed by atoms with Crippen LogP contribution in [0.25, 0.3) is 0 Å². The number of nitro benzene ring substituents is 1. The molecule has 0 saturated carbocycles. The van der Waals surface area contributed by atoms with Crippen LogP contribution in [0.2, 0.25) is 0 Å². The van der Waals surface area contributed by atoms with E-state index in [4.69, 9.17) is 9.84 Å². The Balaban J connectivity index is 2.17. The Labute approximate surface area is 156 Å². The van der Waals surface area contributed by atoms with Gasteiger partial charge in [-0.05, 0) is 29.8 Å². The predicted octanol–water partition coefficient (Wildman–Crippen LogP) is 3.21. The lowest BCUT2D eigenvalue weighted by molar-refractivity contribution is -0.386. The first-order valence-corrected chi connectivity index (χ1v) is 8.96. The van der Waals surface area contributed by atoms with Crippen LogP contribution in [-0.4, -0.2) is 36.5 Å². The molecular weight excluding hydrogens is 407 g/mol. The number of halogens is 3. The van der Waals surface area contributed by atoms with Gasteiger partial charge in [0.05, 0.1) is 22.0 Å². The third-order valence-electron chi connectivity index (χ3n) is 3.59. The van der Waals surface area contributed by atoms with Gasteiger partial charge in [0, 0.05) is 12.5 Å². The number of carbonyl (C=O) groups is 1. The van der Waals surface area contributed by atoms with Gasteiger partial charge in [0.2, 0.25) is 0 Å². The number of hydrogen-bond acceptors (Lipinski definition) is 6. The second-order valence-corrected chi connectivity index (χ2v) is 7.38. The van der Waals surface area contributed by atoms with Crippen molar-refractivity contribution in [2.75, 3.05) is 6.61 Å². The van der Waals surface area contributed by atoms with Crippen molar-refractivity contribution in [2.24, 2.45) is 0 Å². The van der Waals surface area contributed by atoms with E-state index < -0.39 is 42.6 Å². The van der Waals surface area contributed by atoms with E-state index in [0.29, 0.717) is 17.7 Å². The van der Waals surface area contributed by atoms with E-state index in [9.17, 15) is 36.5 Å². The van der Waals surface area contributed by atoms with Crippen LogP contribution >= 0.6 is 0 Å². The van der Waals surface area contributed by atoms with Crippen LogP contribution in [0.1, 0.15) is 15.9 Å². The fraction of sp³-hybridized carbons (Fsp3) is 0.188. The maximum absolute atomic E-state index is 12.6. The van der Waals surface area contributed by atoms with Gasteiger partial charge in [-0.2, -0.15) is 13.2 Å². The quantitative estimate of drug-likeness (QED) is 0.540. The number of aromatic carboxylic acids is 1. The topological polar surface area (TPSA) is 124 Å². The summed E-state index contributed by atoms with van der Waals surface area (Å²) in [7, 11) is -5.73. The number of hydrogen-bond donors (Lipinski definition) is 1. The summed E-state index contributed by atoms with van der Waals surface area (Å²) in [4.78, 5) is 19.5. The van der Waals surface area contributed by atoms with Crippen LogP contribution in [0.15, 0.2) is 47.4 Å². The zero-order valence-corrected chi connectivity index (χ0v) is 14.7. The van der Waals surface area contributed by atoms with Crippen LogP contribution in [0.5, 0.6) is 5.75 Å². The first-order valence-electron chi connectivity index (χ1n) is 7.48. The molecule has 8 nitrogen and oxygen atoms in total. The average molecular weight is 419 g/mol. The molecule has 0 atom stereocenters. The molecule has 2 aromatic rings. The Morgan fingerprint density at radius 1 is 1.14 bits per heavy atom. The highest BCUT2D eigenvalue weighted by Gasteiger charge is 2.47. The molecule has 0 fully saturated rings. The summed E-state index contributed by atoms with van der Waals surface area (Å²) < 4.78 is 65.8. The lowest BCUT2D eigenvalue weighted by Gasteiger charge is -2.10. The fourth-order valence-corrected chi connectivity index (χ4v) is 2.94. The van der Waals surface area contributed by atoms with Gasteiger partial charge in [0.25, 0.3) is 9.84 Å². The van der Waals surface area contributed by atoms with Crippen molar-refractivity contribution < 1.29 is 41.2 Å². The molecule has 0 aliphatic heterocycles. The molecule has 1 N–H and O–H groups in total. The minimum absolute atomic E-state index is 0.0711. The van der Waals surface area contributed by atoms with Crippen LogP contribution in [0.3, 0.4) is 0 Å². The van der Waals surface area contributed by atoms with Gasteiger partial charge >= 0.3 is 17.2 Å². The summed E-state index contributed by atoms with van der Waals surface area (Å²) >= 11 is 0. The third-order valence-corrected chi connectivity index (χ3v) is 5.08. The molecule has 0 aromatic heterocycles. The summed E-state index contributed by atoms with van der Waals surface area (Å²) in [6, 6.07) is 7.39. The number of ether oxygens (including phenoxy) is 1. The molecule has 0 aliphatic carbocycles. The standard InChI is InChI=1S/C16H12F3NO7S/c17-16(18,19)28(25,26)12-5-6-14(13(9-12)20(23)24)27-8-7-10-1-3-11(4-2-10)15(21)22/h1-6,9H,7-8H2,(H,21,22). The molecule has 0 bridgehead atoms. The van der Waals surface area contributed by atoms with E-state index in [0.717, 1.165) is 6.07 Å². The van der Waals surface area contributed by atoms with Crippen LogP contribution < -0.4 is 4.74 Å². The molecule has 150 valence electrons. The molecule has 0 unspecified atom stereocenters. The molecule has 0 spiro atoms. The van der Waals surface area contributed by atoms with Crippen molar-refractivity contribution >= 4 is 21.5 Å². The highest BCUT2D eigenvalue weighted by atomic mass is 32.2. The first-order chi connectivity index (χ1) is 12.9. The SMILES string of the molecule is O=C(O)c1ccc(CCOc2ccc(S(=O)(=O)C(F)(F)F)cc2[N+](=O)[O-])cc1. The van der Waals surface area contributed by atoms with Gasteiger partial charge in [0.1, 0.15) is 0 Å². The van der Waals surface area contributed by atoms with Gasteiger partial charge in [-0.25, -0.2) is 13.2 Å². The number of sulfone groups is 1. The number of benzene rings is 2. The Morgan fingerprint density at radius 2 is 1.75 bits per heavy atom. The minimum Gasteiger partial charge on any atom is -0.486 e. The van der Waals surface area contributed by atoms with Gasteiger partial charge in [-0.15, -0.1) is 0 Å². The first kappa shape index (κ1) is 21.2. The Hall–Kier alpha value is -3.15. The fourth-order valence-electron chi connectivity index (χ4n) is 2.16. The maximum atomic E-state index is 12.6. The average Bonchev–Trinajstić information content (AvgIpc) is 2.61. The lowest BCUT2D eigenvalue weighted by atomic mass is 10.1. The highest BCUT2D eigenvalue weighted by Crippen LogP contribution is 2.35. The number of nitro groups is 1. The van der Waals surface area contributed by atoms with Crippen LogP contribution in [0.4, 0.5) is 18.9 Å². The van der Waals surface area contributed by atoms with E-state index in [2.05, 4.69) is 0 Å². The van der Waals surface area contributed by atoms with Crippen molar-refractivity contribution in [1.29, 1.82) is 0 Å². The summed E-state index contributed by atoms with van der Waals surface area (Å²) in [6.07, 6.45) is 0.222.